The smallest absolute Gasteiger partial charge is 0.155 e. The van der Waals surface area contributed by atoms with Crippen LogP contribution in [0.2, 0.25) is 0 Å². The van der Waals surface area contributed by atoms with E-state index in [0.29, 0.717) is 5.57 Å². The van der Waals surface area contributed by atoms with Crippen LogP contribution in [0.25, 0.3) is 6.08 Å². The van der Waals surface area contributed by atoms with E-state index >= 15 is 0 Å². The lowest BCUT2D eigenvalue weighted by Gasteiger charge is -1.93. The van der Waals surface area contributed by atoms with Crippen molar-refractivity contribution in [2.24, 2.45) is 0 Å². The van der Waals surface area contributed by atoms with E-state index in [1.807, 2.05) is 13.0 Å². The molecule has 64 valence electrons. The molecule has 0 aliphatic carbocycles. The SMILES string of the molecule is CC(=O)/C(C)=C/c1occc1C. The van der Waals surface area contributed by atoms with Crippen LogP contribution in [-0.2, 0) is 4.79 Å². The van der Waals surface area contributed by atoms with Crippen molar-refractivity contribution in [3.63, 3.8) is 0 Å². The Balaban J connectivity index is 2.95. The molecule has 2 heteroatoms. The van der Waals surface area contributed by atoms with Gasteiger partial charge in [-0.1, -0.05) is 0 Å². The number of Topliss-reactive ketones (excluding diaryl/α,β-unsaturated/α-hetero) is 1. The van der Waals surface area contributed by atoms with Crippen molar-refractivity contribution in [2.45, 2.75) is 20.8 Å². The van der Waals surface area contributed by atoms with Crippen molar-refractivity contribution in [3.05, 3.63) is 29.2 Å². The Morgan fingerprint density at radius 3 is 2.58 bits per heavy atom. The first kappa shape index (κ1) is 8.78. The maximum absolute atomic E-state index is 10.9. The van der Waals surface area contributed by atoms with Gasteiger partial charge in [0.25, 0.3) is 0 Å². The summed E-state index contributed by atoms with van der Waals surface area (Å²) >= 11 is 0. The highest BCUT2D eigenvalue weighted by Gasteiger charge is 2.01. The van der Waals surface area contributed by atoms with Gasteiger partial charge in [-0.15, -0.1) is 0 Å². The van der Waals surface area contributed by atoms with E-state index in [1.165, 1.54) is 0 Å². The summed E-state index contributed by atoms with van der Waals surface area (Å²) in [4.78, 5) is 10.9. The van der Waals surface area contributed by atoms with Gasteiger partial charge in [0.05, 0.1) is 6.26 Å². The summed E-state index contributed by atoms with van der Waals surface area (Å²) in [6, 6.07) is 1.87. The number of aryl methyl sites for hydroxylation is 1. The van der Waals surface area contributed by atoms with Crippen molar-refractivity contribution < 1.29 is 9.21 Å². The van der Waals surface area contributed by atoms with E-state index in [1.54, 1.807) is 26.2 Å². The number of hydrogen-bond donors (Lipinski definition) is 0. The van der Waals surface area contributed by atoms with Crippen LogP contribution < -0.4 is 0 Å². The van der Waals surface area contributed by atoms with Crippen LogP contribution >= 0.6 is 0 Å². The van der Waals surface area contributed by atoms with Crippen molar-refractivity contribution in [2.75, 3.05) is 0 Å². The van der Waals surface area contributed by atoms with Gasteiger partial charge in [0.1, 0.15) is 5.76 Å². The summed E-state index contributed by atoms with van der Waals surface area (Å²) in [6.45, 7) is 5.27. The Labute approximate surface area is 71.9 Å². The van der Waals surface area contributed by atoms with Gasteiger partial charge in [0.2, 0.25) is 0 Å². The predicted octanol–water partition coefficient (Wildman–Crippen LogP) is 2.58. The fourth-order valence-electron chi connectivity index (χ4n) is 0.831. The molecule has 0 atom stereocenters. The molecule has 0 unspecified atom stereocenters. The molecule has 0 N–H and O–H groups in total. The zero-order chi connectivity index (χ0) is 9.14. The van der Waals surface area contributed by atoms with E-state index in [9.17, 15) is 4.79 Å². The van der Waals surface area contributed by atoms with Crippen LogP contribution in [0.5, 0.6) is 0 Å². The van der Waals surface area contributed by atoms with Crippen molar-refractivity contribution in [3.8, 4) is 0 Å². The van der Waals surface area contributed by atoms with Crippen LogP contribution in [-0.4, -0.2) is 5.78 Å². The molecule has 0 bridgehead atoms. The molecular formula is C10H12O2. The quantitative estimate of drug-likeness (QED) is 0.629. The number of carbonyl (C=O) groups excluding carboxylic acids is 1. The largest absolute Gasteiger partial charge is 0.465 e. The summed E-state index contributed by atoms with van der Waals surface area (Å²) in [6.07, 6.45) is 3.38. The molecule has 1 rings (SSSR count). The lowest BCUT2D eigenvalue weighted by molar-refractivity contribution is -0.113. The maximum atomic E-state index is 10.9. The van der Waals surface area contributed by atoms with Gasteiger partial charge in [0.15, 0.2) is 5.78 Å². The minimum Gasteiger partial charge on any atom is -0.465 e. The van der Waals surface area contributed by atoms with Gasteiger partial charge in [0, 0.05) is 0 Å². The highest BCUT2D eigenvalue weighted by Crippen LogP contribution is 2.13. The Kier molecular flexibility index (Phi) is 2.48. The van der Waals surface area contributed by atoms with Gasteiger partial charge < -0.3 is 4.42 Å². The van der Waals surface area contributed by atoms with Gasteiger partial charge in [-0.25, -0.2) is 0 Å². The van der Waals surface area contributed by atoms with E-state index in [4.69, 9.17) is 4.42 Å². The Hall–Kier alpha value is -1.31. The van der Waals surface area contributed by atoms with E-state index < -0.39 is 0 Å². The van der Waals surface area contributed by atoms with Crippen molar-refractivity contribution in [1.29, 1.82) is 0 Å². The zero-order valence-electron chi connectivity index (χ0n) is 7.55. The van der Waals surface area contributed by atoms with Gasteiger partial charge in [-0.05, 0) is 44.1 Å². The van der Waals surface area contributed by atoms with Gasteiger partial charge in [-0.2, -0.15) is 0 Å². The van der Waals surface area contributed by atoms with Gasteiger partial charge in [-0.3, -0.25) is 4.79 Å². The molecule has 1 aromatic heterocycles. The van der Waals surface area contributed by atoms with Crippen LogP contribution in [0.15, 0.2) is 22.3 Å². The number of allylic oxidation sites excluding steroid dienone is 1. The fraction of sp³-hybridized carbons (Fsp3) is 0.300. The predicted molar refractivity (Wildman–Crippen MR) is 47.8 cm³/mol. The highest BCUT2D eigenvalue weighted by atomic mass is 16.3. The molecule has 0 spiro atoms. The minimum atomic E-state index is 0.0748. The summed E-state index contributed by atoms with van der Waals surface area (Å²) in [7, 11) is 0. The Morgan fingerprint density at radius 2 is 2.17 bits per heavy atom. The molecule has 0 amide bonds. The lowest BCUT2D eigenvalue weighted by Crippen LogP contribution is -1.90. The van der Waals surface area contributed by atoms with Crippen LogP contribution in [0.4, 0.5) is 0 Å². The molecule has 2 nitrogen and oxygen atoms in total. The number of ketones is 1. The molecular weight excluding hydrogens is 152 g/mol. The van der Waals surface area contributed by atoms with Gasteiger partial charge >= 0.3 is 0 Å². The molecule has 1 heterocycles. The summed E-state index contributed by atoms with van der Waals surface area (Å²) in [5.74, 6) is 0.841. The second kappa shape index (κ2) is 3.39. The maximum Gasteiger partial charge on any atom is 0.155 e. The molecule has 1 aromatic rings. The number of carbonyl (C=O) groups is 1. The van der Waals surface area contributed by atoms with Crippen molar-refractivity contribution in [1.82, 2.24) is 0 Å². The standard InChI is InChI=1S/C10H12O2/c1-7-4-5-12-10(7)6-8(2)9(3)11/h4-6H,1-3H3/b8-6+. The number of hydrogen-bond acceptors (Lipinski definition) is 2. The third-order valence-electron chi connectivity index (χ3n) is 1.80. The number of rotatable bonds is 2. The first-order valence-corrected chi connectivity index (χ1v) is 3.84. The van der Waals surface area contributed by atoms with Crippen LogP contribution in [0.1, 0.15) is 25.2 Å². The Morgan fingerprint density at radius 1 is 1.50 bits per heavy atom. The highest BCUT2D eigenvalue weighted by molar-refractivity contribution is 5.96. The topological polar surface area (TPSA) is 30.2 Å². The zero-order valence-corrected chi connectivity index (χ0v) is 7.55. The Bertz CT molecular complexity index is 318. The first-order chi connectivity index (χ1) is 5.61. The minimum absolute atomic E-state index is 0.0748. The van der Waals surface area contributed by atoms with E-state index in [2.05, 4.69) is 0 Å². The normalized spacial score (nSPS) is 11.8. The van der Waals surface area contributed by atoms with Crippen LogP contribution in [0, 0.1) is 6.92 Å². The molecule has 0 fully saturated rings. The van der Waals surface area contributed by atoms with Crippen LogP contribution in [0.3, 0.4) is 0 Å². The van der Waals surface area contributed by atoms with E-state index in [-0.39, 0.29) is 5.78 Å². The molecule has 0 radical (unpaired) electrons. The summed E-state index contributed by atoms with van der Waals surface area (Å²) < 4.78 is 5.16. The molecule has 0 aromatic carbocycles. The molecule has 0 saturated carbocycles. The molecule has 12 heavy (non-hydrogen) atoms. The average Bonchev–Trinajstić information content (AvgIpc) is 2.36. The monoisotopic (exact) mass is 164 g/mol. The second-order valence-corrected chi connectivity index (χ2v) is 2.85. The van der Waals surface area contributed by atoms with Crippen molar-refractivity contribution >= 4 is 11.9 Å². The van der Waals surface area contributed by atoms with E-state index in [0.717, 1.165) is 11.3 Å². The third kappa shape index (κ3) is 1.84. The summed E-state index contributed by atoms with van der Waals surface area (Å²) in [5, 5.41) is 0. The third-order valence-corrected chi connectivity index (χ3v) is 1.80. The fourth-order valence-corrected chi connectivity index (χ4v) is 0.831. The molecule has 0 aliphatic heterocycles. The summed E-state index contributed by atoms with van der Waals surface area (Å²) in [5.41, 5.74) is 1.77. The number of furan rings is 1. The molecule has 0 aliphatic rings. The lowest BCUT2D eigenvalue weighted by atomic mass is 10.1. The first-order valence-electron chi connectivity index (χ1n) is 3.84. The molecule has 0 saturated heterocycles. The average molecular weight is 164 g/mol. The second-order valence-electron chi connectivity index (χ2n) is 2.85.